The van der Waals surface area contributed by atoms with Gasteiger partial charge in [0.05, 0.1) is 10.8 Å². The number of nitrogens with zero attached hydrogens (tertiary/aromatic N) is 2. The van der Waals surface area contributed by atoms with Crippen LogP contribution in [-0.4, -0.2) is 29.1 Å². The molecule has 16 heavy (non-hydrogen) atoms. The summed E-state index contributed by atoms with van der Waals surface area (Å²) in [7, 11) is 0. The van der Waals surface area contributed by atoms with Crippen LogP contribution >= 0.6 is 0 Å². The molecule has 0 unspecified atom stereocenters. The van der Waals surface area contributed by atoms with Gasteiger partial charge in [-0.25, -0.2) is 0 Å². The third kappa shape index (κ3) is 1.81. The second-order valence-corrected chi connectivity index (χ2v) is 3.72. The smallest absolute Gasteiger partial charge is 0.310 e. The van der Waals surface area contributed by atoms with Gasteiger partial charge in [0.1, 0.15) is 0 Å². The van der Waals surface area contributed by atoms with Crippen molar-refractivity contribution in [1.82, 2.24) is 0 Å². The van der Waals surface area contributed by atoms with Crippen molar-refractivity contribution in [1.29, 1.82) is 0 Å². The number of benzene rings is 1. The Morgan fingerprint density at radius 2 is 2.19 bits per heavy atom. The third-order valence-corrected chi connectivity index (χ3v) is 2.64. The summed E-state index contributed by atoms with van der Waals surface area (Å²) >= 11 is 0. The monoisotopic (exact) mass is 222 g/mol. The summed E-state index contributed by atoms with van der Waals surface area (Å²) in [6.45, 7) is 0.826. The lowest BCUT2D eigenvalue weighted by atomic mass is 9.99. The molecule has 1 aromatic rings. The summed E-state index contributed by atoms with van der Waals surface area (Å²) in [5.41, 5.74) is 0.725. The SMILES string of the molecule is O=C(O)C1CN(c2cccc([N+](=O)[O-])c2)C1. The molecule has 1 N–H and O–H groups in total. The van der Waals surface area contributed by atoms with Crippen molar-refractivity contribution in [3.63, 3.8) is 0 Å². The predicted molar refractivity (Wildman–Crippen MR) is 56.4 cm³/mol. The normalized spacial score (nSPS) is 15.6. The molecule has 1 heterocycles. The van der Waals surface area contributed by atoms with Gasteiger partial charge in [0.2, 0.25) is 0 Å². The first-order valence-electron chi connectivity index (χ1n) is 4.80. The number of carboxylic acid groups (broad SMARTS) is 1. The minimum atomic E-state index is -0.818. The summed E-state index contributed by atoms with van der Waals surface area (Å²) in [5, 5.41) is 19.3. The quantitative estimate of drug-likeness (QED) is 0.611. The van der Waals surface area contributed by atoms with Crippen LogP contribution in [0.1, 0.15) is 0 Å². The van der Waals surface area contributed by atoms with Gasteiger partial charge >= 0.3 is 5.97 Å². The molecule has 2 rings (SSSR count). The van der Waals surface area contributed by atoms with Gasteiger partial charge in [-0.05, 0) is 6.07 Å². The van der Waals surface area contributed by atoms with Crippen molar-refractivity contribution in [3.8, 4) is 0 Å². The highest BCUT2D eigenvalue weighted by Crippen LogP contribution is 2.27. The van der Waals surface area contributed by atoms with Crippen LogP contribution in [-0.2, 0) is 4.79 Å². The van der Waals surface area contributed by atoms with E-state index < -0.39 is 10.9 Å². The molecule has 84 valence electrons. The van der Waals surface area contributed by atoms with Crippen LogP contribution in [0.2, 0.25) is 0 Å². The first kappa shape index (κ1) is 10.4. The van der Waals surface area contributed by atoms with Crippen molar-refractivity contribution < 1.29 is 14.8 Å². The van der Waals surface area contributed by atoms with Crippen molar-refractivity contribution in [2.24, 2.45) is 5.92 Å². The highest BCUT2D eigenvalue weighted by atomic mass is 16.6. The fourth-order valence-corrected chi connectivity index (χ4v) is 1.65. The summed E-state index contributed by atoms with van der Waals surface area (Å²) in [5.74, 6) is -1.18. The van der Waals surface area contributed by atoms with E-state index in [2.05, 4.69) is 0 Å². The molecule has 1 saturated heterocycles. The maximum Gasteiger partial charge on any atom is 0.310 e. The largest absolute Gasteiger partial charge is 0.481 e. The second kappa shape index (κ2) is 3.80. The number of nitro benzene ring substituents is 1. The zero-order chi connectivity index (χ0) is 11.7. The zero-order valence-electron chi connectivity index (χ0n) is 8.37. The number of carboxylic acids is 1. The second-order valence-electron chi connectivity index (χ2n) is 3.72. The van der Waals surface area contributed by atoms with Crippen LogP contribution in [0.25, 0.3) is 0 Å². The lowest BCUT2D eigenvalue weighted by Crippen LogP contribution is -2.50. The number of rotatable bonds is 3. The number of non-ortho nitro benzene ring substituents is 1. The molecule has 1 aliphatic heterocycles. The van der Waals surface area contributed by atoms with E-state index >= 15 is 0 Å². The summed E-state index contributed by atoms with van der Waals surface area (Å²) in [6, 6.07) is 6.21. The Balaban J connectivity index is 2.09. The fourth-order valence-electron chi connectivity index (χ4n) is 1.65. The van der Waals surface area contributed by atoms with Crippen LogP contribution in [0.5, 0.6) is 0 Å². The van der Waals surface area contributed by atoms with Crippen LogP contribution in [0.15, 0.2) is 24.3 Å². The lowest BCUT2D eigenvalue weighted by Gasteiger charge is -2.38. The highest BCUT2D eigenvalue weighted by molar-refractivity contribution is 5.74. The molecule has 1 fully saturated rings. The molecular formula is C10H10N2O4. The van der Waals surface area contributed by atoms with Crippen LogP contribution in [0.3, 0.4) is 0 Å². The molecule has 1 aliphatic rings. The Labute approximate surface area is 91.3 Å². The first-order chi connectivity index (χ1) is 7.58. The predicted octanol–water partition coefficient (Wildman–Crippen LogP) is 1.12. The maximum atomic E-state index is 10.6. The topological polar surface area (TPSA) is 83.7 Å². The van der Waals surface area contributed by atoms with Gasteiger partial charge in [0.15, 0.2) is 0 Å². The fraction of sp³-hybridized carbons (Fsp3) is 0.300. The Morgan fingerprint density at radius 3 is 2.75 bits per heavy atom. The molecule has 0 bridgehead atoms. The highest BCUT2D eigenvalue weighted by Gasteiger charge is 2.32. The van der Waals surface area contributed by atoms with Crippen molar-refractivity contribution in [3.05, 3.63) is 34.4 Å². The lowest BCUT2D eigenvalue weighted by molar-refractivity contribution is -0.384. The summed E-state index contributed by atoms with van der Waals surface area (Å²) in [6.07, 6.45) is 0. The summed E-state index contributed by atoms with van der Waals surface area (Å²) < 4.78 is 0. The van der Waals surface area contributed by atoms with Gasteiger partial charge in [0, 0.05) is 30.9 Å². The average Bonchev–Trinajstić information content (AvgIpc) is 2.15. The molecule has 0 amide bonds. The van der Waals surface area contributed by atoms with E-state index in [4.69, 9.17) is 5.11 Å². The minimum absolute atomic E-state index is 0.0243. The van der Waals surface area contributed by atoms with Crippen LogP contribution in [0, 0.1) is 16.0 Å². The molecule has 0 saturated carbocycles. The molecule has 0 atom stereocenters. The zero-order valence-corrected chi connectivity index (χ0v) is 8.37. The van der Waals surface area contributed by atoms with E-state index in [1.807, 2.05) is 4.90 Å². The Bertz CT molecular complexity index is 440. The van der Waals surface area contributed by atoms with Gasteiger partial charge in [-0.15, -0.1) is 0 Å². The summed E-state index contributed by atoms with van der Waals surface area (Å²) in [4.78, 5) is 22.5. The molecule has 0 radical (unpaired) electrons. The molecule has 0 aliphatic carbocycles. The number of carbonyl (C=O) groups is 1. The maximum absolute atomic E-state index is 10.6. The molecule has 6 heteroatoms. The minimum Gasteiger partial charge on any atom is -0.481 e. The van der Waals surface area contributed by atoms with E-state index in [-0.39, 0.29) is 11.6 Å². The average molecular weight is 222 g/mol. The van der Waals surface area contributed by atoms with E-state index in [1.54, 1.807) is 12.1 Å². The van der Waals surface area contributed by atoms with Crippen molar-refractivity contribution >= 4 is 17.3 Å². The van der Waals surface area contributed by atoms with Crippen molar-refractivity contribution in [2.45, 2.75) is 0 Å². The number of nitro groups is 1. The van der Waals surface area contributed by atoms with Crippen molar-refractivity contribution in [2.75, 3.05) is 18.0 Å². The van der Waals surface area contributed by atoms with Crippen LogP contribution < -0.4 is 4.90 Å². The van der Waals surface area contributed by atoms with E-state index in [0.29, 0.717) is 18.8 Å². The third-order valence-electron chi connectivity index (χ3n) is 2.64. The van der Waals surface area contributed by atoms with E-state index in [9.17, 15) is 14.9 Å². The van der Waals surface area contributed by atoms with Gasteiger partial charge in [-0.3, -0.25) is 14.9 Å². The Morgan fingerprint density at radius 1 is 1.50 bits per heavy atom. The molecule has 0 aromatic heterocycles. The Kier molecular flexibility index (Phi) is 2.47. The van der Waals surface area contributed by atoms with Gasteiger partial charge < -0.3 is 10.0 Å². The molecular weight excluding hydrogens is 212 g/mol. The van der Waals surface area contributed by atoms with Crippen LogP contribution in [0.4, 0.5) is 11.4 Å². The van der Waals surface area contributed by atoms with Gasteiger partial charge in [-0.1, -0.05) is 6.07 Å². The number of anilines is 1. The van der Waals surface area contributed by atoms with E-state index in [0.717, 1.165) is 0 Å². The molecule has 0 spiro atoms. The first-order valence-corrected chi connectivity index (χ1v) is 4.80. The molecule has 6 nitrogen and oxygen atoms in total. The Hall–Kier alpha value is -2.11. The standard InChI is InChI=1S/C10H10N2O4/c13-10(14)7-5-11(6-7)8-2-1-3-9(4-8)12(15)16/h1-4,7H,5-6H2,(H,13,14). The van der Waals surface area contributed by atoms with E-state index in [1.165, 1.54) is 12.1 Å². The molecule has 1 aromatic carbocycles. The number of hydrogen-bond donors (Lipinski definition) is 1. The van der Waals surface area contributed by atoms with Gasteiger partial charge in [0.25, 0.3) is 5.69 Å². The number of aliphatic carboxylic acids is 1. The van der Waals surface area contributed by atoms with Gasteiger partial charge in [-0.2, -0.15) is 0 Å². The number of hydrogen-bond acceptors (Lipinski definition) is 4.